The van der Waals surface area contributed by atoms with E-state index in [0.29, 0.717) is 30.0 Å². The molecule has 2 aromatic rings. The highest BCUT2D eigenvalue weighted by Gasteiger charge is 2.16. The Bertz CT molecular complexity index is 1060. The van der Waals surface area contributed by atoms with Gasteiger partial charge in [-0.3, -0.25) is 14.4 Å². The minimum absolute atomic E-state index is 0.124. The summed E-state index contributed by atoms with van der Waals surface area (Å²) in [6.07, 6.45) is 2.93. The van der Waals surface area contributed by atoms with Gasteiger partial charge in [-0.15, -0.1) is 0 Å². The number of carbonyl (C=O) groups is 3. The predicted octanol–water partition coefficient (Wildman–Crippen LogP) is 3.68. The van der Waals surface area contributed by atoms with Crippen LogP contribution in [-0.4, -0.2) is 43.2 Å². The van der Waals surface area contributed by atoms with Gasteiger partial charge >= 0.3 is 11.8 Å². The summed E-state index contributed by atoms with van der Waals surface area (Å²) < 4.78 is 11.2. The highest BCUT2D eigenvalue weighted by Crippen LogP contribution is 2.36. The van der Waals surface area contributed by atoms with E-state index in [0.717, 1.165) is 6.42 Å². The van der Waals surface area contributed by atoms with E-state index in [9.17, 15) is 14.4 Å². The van der Waals surface area contributed by atoms with Crippen molar-refractivity contribution in [3.63, 3.8) is 0 Å². The quantitative estimate of drug-likeness (QED) is 0.246. The molecule has 0 radical (unpaired) electrons. The van der Waals surface area contributed by atoms with Crippen molar-refractivity contribution in [2.75, 3.05) is 18.5 Å². The Kier molecular flexibility index (Phi) is 11.0. The number of ether oxygens (including phenoxy) is 2. The zero-order valence-electron chi connectivity index (χ0n) is 20.3. The van der Waals surface area contributed by atoms with Gasteiger partial charge in [-0.05, 0) is 62.1 Å². The molecule has 2 aromatic carbocycles. The van der Waals surface area contributed by atoms with Crippen LogP contribution in [-0.2, 0) is 20.8 Å². The van der Waals surface area contributed by atoms with Crippen LogP contribution in [0.2, 0.25) is 5.02 Å². The molecule has 1 atom stereocenters. The second-order valence-corrected chi connectivity index (χ2v) is 8.04. The Labute approximate surface area is 210 Å². The van der Waals surface area contributed by atoms with Gasteiger partial charge in [-0.25, -0.2) is 5.43 Å². The predicted molar refractivity (Wildman–Crippen MR) is 136 cm³/mol. The van der Waals surface area contributed by atoms with E-state index in [1.165, 1.54) is 17.8 Å². The number of halogens is 1. The number of benzene rings is 2. The molecule has 188 valence electrons. The fourth-order valence-corrected chi connectivity index (χ4v) is 3.11. The highest BCUT2D eigenvalue weighted by atomic mass is 35.5. The third-order valence-corrected chi connectivity index (χ3v) is 5.18. The third-order valence-electron chi connectivity index (χ3n) is 4.90. The summed E-state index contributed by atoms with van der Waals surface area (Å²) >= 11 is 6.36. The van der Waals surface area contributed by atoms with Crippen LogP contribution >= 0.6 is 11.6 Å². The number of hydrogen-bond donors (Lipinski definition) is 3. The molecule has 3 N–H and O–H groups in total. The average Bonchev–Trinajstić information content (AvgIpc) is 2.84. The van der Waals surface area contributed by atoms with Crippen molar-refractivity contribution in [2.45, 2.75) is 46.6 Å². The van der Waals surface area contributed by atoms with Gasteiger partial charge in [0, 0.05) is 11.7 Å². The first-order valence-electron chi connectivity index (χ1n) is 11.4. The lowest BCUT2D eigenvalue weighted by atomic mass is 10.1. The number of hydrogen-bond acceptors (Lipinski definition) is 6. The summed E-state index contributed by atoms with van der Waals surface area (Å²) in [4.78, 5) is 35.9. The topological polar surface area (TPSA) is 118 Å². The van der Waals surface area contributed by atoms with Crippen molar-refractivity contribution in [1.82, 2.24) is 10.7 Å². The van der Waals surface area contributed by atoms with E-state index in [4.69, 9.17) is 21.1 Å². The number of rotatable bonds is 11. The molecule has 10 heteroatoms. The maximum absolute atomic E-state index is 12.3. The molecule has 0 heterocycles. The molecule has 0 saturated heterocycles. The van der Waals surface area contributed by atoms with Crippen LogP contribution in [0.1, 0.15) is 45.2 Å². The van der Waals surface area contributed by atoms with Crippen LogP contribution in [0.5, 0.6) is 11.5 Å². The van der Waals surface area contributed by atoms with E-state index >= 15 is 0 Å². The van der Waals surface area contributed by atoms with Crippen molar-refractivity contribution in [3.8, 4) is 11.5 Å². The lowest BCUT2D eigenvalue weighted by Crippen LogP contribution is -2.41. The van der Waals surface area contributed by atoms with Crippen molar-refractivity contribution in [3.05, 3.63) is 52.5 Å². The second kappa shape index (κ2) is 14.0. The SMILES string of the molecule is CCOc1cc(/C=N\NC(=O)C(=O)N[C@@H](C)CC)cc(Cl)c1OCC(=O)Nc1ccc(CC)cc1. The molecule has 0 saturated carbocycles. The lowest BCUT2D eigenvalue weighted by Gasteiger charge is -2.14. The monoisotopic (exact) mass is 502 g/mol. The first-order valence-corrected chi connectivity index (χ1v) is 11.8. The molecule has 2 rings (SSSR count). The van der Waals surface area contributed by atoms with Gasteiger partial charge in [0.15, 0.2) is 18.1 Å². The van der Waals surface area contributed by atoms with Gasteiger partial charge < -0.3 is 20.1 Å². The van der Waals surface area contributed by atoms with Crippen molar-refractivity contribution in [1.29, 1.82) is 0 Å². The Balaban J connectivity index is 2.02. The maximum atomic E-state index is 12.3. The summed E-state index contributed by atoms with van der Waals surface area (Å²) in [5.41, 5.74) is 4.50. The van der Waals surface area contributed by atoms with E-state index in [1.54, 1.807) is 19.9 Å². The van der Waals surface area contributed by atoms with Gasteiger partial charge in [0.25, 0.3) is 5.91 Å². The Hall–Kier alpha value is -3.59. The summed E-state index contributed by atoms with van der Waals surface area (Å²) in [7, 11) is 0. The number of aryl methyl sites for hydroxylation is 1. The molecule has 0 spiro atoms. The molecule has 0 fully saturated rings. The Morgan fingerprint density at radius 1 is 1.06 bits per heavy atom. The third kappa shape index (κ3) is 8.94. The van der Waals surface area contributed by atoms with E-state index in [1.807, 2.05) is 31.2 Å². The average molecular weight is 503 g/mol. The molecular weight excluding hydrogens is 472 g/mol. The number of hydrazone groups is 1. The largest absolute Gasteiger partial charge is 0.490 e. The van der Waals surface area contributed by atoms with Gasteiger partial charge in [0.05, 0.1) is 17.8 Å². The summed E-state index contributed by atoms with van der Waals surface area (Å²) in [5.74, 6) is -1.49. The zero-order chi connectivity index (χ0) is 25.8. The van der Waals surface area contributed by atoms with Gasteiger partial charge in [0.2, 0.25) is 0 Å². The molecule has 0 aliphatic rings. The number of carbonyl (C=O) groups excluding carboxylic acids is 3. The first-order chi connectivity index (χ1) is 16.8. The van der Waals surface area contributed by atoms with Crippen LogP contribution in [0, 0.1) is 0 Å². The minimum atomic E-state index is -0.882. The molecule has 35 heavy (non-hydrogen) atoms. The molecular formula is C25H31ClN4O5. The van der Waals surface area contributed by atoms with E-state index < -0.39 is 11.8 Å². The van der Waals surface area contributed by atoms with Crippen LogP contribution in [0.25, 0.3) is 0 Å². The summed E-state index contributed by atoms with van der Waals surface area (Å²) in [6.45, 7) is 7.59. The maximum Gasteiger partial charge on any atom is 0.329 e. The number of anilines is 1. The van der Waals surface area contributed by atoms with Crippen molar-refractivity contribution in [2.24, 2.45) is 5.10 Å². The van der Waals surface area contributed by atoms with Crippen LogP contribution in [0.3, 0.4) is 0 Å². The fourth-order valence-electron chi connectivity index (χ4n) is 2.83. The van der Waals surface area contributed by atoms with E-state index in [2.05, 4.69) is 28.1 Å². The Morgan fingerprint density at radius 2 is 1.77 bits per heavy atom. The number of amides is 3. The smallest absolute Gasteiger partial charge is 0.329 e. The van der Waals surface area contributed by atoms with Crippen LogP contribution < -0.4 is 25.5 Å². The standard InChI is InChI=1S/C25H31ClN4O5/c1-5-16(4)28-24(32)25(33)30-27-14-18-12-20(26)23(21(13-18)34-7-3)35-15-22(31)29-19-10-8-17(6-2)9-11-19/h8-14,16H,5-7,15H2,1-4H3,(H,28,32)(H,29,31)(H,30,33)/b27-14-/t16-/m0/s1. The van der Waals surface area contributed by atoms with E-state index in [-0.39, 0.29) is 29.3 Å². The van der Waals surface area contributed by atoms with Crippen molar-refractivity contribution < 1.29 is 23.9 Å². The highest BCUT2D eigenvalue weighted by molar-refractivity contribution is 6.35. The molecule has 0 unspecified atom stereocenters. The van der Waals surface area contributed by atoms with Crippen LogP contribution in [0.4, 0.5) is 5.69 Å². The van der Waals surface area contributed by atoms with Gasteiger partial charge in [0.1, 0.15) is 0 Å². The van der Waals surface area contributed by atoms with Gasteiger partial charge in [-0.2, -0.15) is 5.10 Å². The Morgan fingerprint density at radius 3 is 2.40 bits per heavy atom. The zero-order valence-corrected chi connectivity index (χ0v) is 21.1. The summed E-state index contributed by atoms with van der Waals surface area (Å²) in [5, 5.41) is 9.30. The molecule has 0 aromatic heterocycles. The normalized spacial score (nSPS) is 11.6. The first kappa shape index (κ1) is 27.7. The van der Waals surface area contributed by atoms with Crippen LogP contribution in [0.15, 0.2) is 41.5 Å². The van der Waals surface area contributed by atoms with Gasteiger partial charge in [-0.1, -0.05) is 37.6 Å². The second-order valence-electron chi connectivity index (χ2n) is 7.63. The number of nitrogens with zero attached hydrogens (tertiary/aromatic N) is 1. The molecule has 0 aliphatic heterocycles. The lowest BCUT2D eigenvalue weighted by molar-refractivity contribution is -0.139. The summed E-state index contributed by atoms with van der Waals surface area (Å²) in [6, 6.07) is 10.6. The minimum Gasteiger partial charge on any atom is -0.490 e. The molecule has 3 amide bonds. The molecule has 0 bridgehead atoms. The molecule has 9 nitrogen and oxygen atoms in total. The van der Waals surface area contributed by atoms with Crippen molar-refractivity contribution >= 4 is 41.2 Å². The number of nitrogens with one attached hydrogen (secondary N) is 3. The molecule has 0 aliphatic carbocycles. The fraction of sp³-hybridized carbons (Fsp3) is 0.360.